The highest BCUT2D eigenvalue weighted by Gasteiger charge is 2.09. The highest BCUT2D eigenvalue weighted by Crippen LogP contribution is 2.35. The average Bonchev–Trinajstić information content (AvgIpc) is 2.60. The Morgan fingerprint density at radius 2 is 2.31 bits per heavy atom. The van der Waals surface area contributed by atoms with Gasteiger partial charge in [0, 0.05) is 14.8 Å². The number of benzene rings is 1. The molecule has 0 unspecified atom stereocenters. The minimum atomic E-state index is 0.326. The molecule has 1 N–H and O–H groups in total. The Morgan fingerprint density at radius 1 is 1.54 bits per heavy atom. The molecule has 2 rings (SSSR count). The van der Waals surface area contributed by atoms with E-state index in [1.807, 2.05) is 11.4 Å². The molecule has 0 bridgehead atoms. The van der Waals surface area contributed by atoms with E-state index in [4.69, 9.17) is 11.6 Å². The molecule has 1 aromatic carbocycles. The topological polar surface area (TPSA) is 20.2 Å². The summed E-state index contributed by atoms with van der Waals surface area (Å²) < 4.78 is 2.27. The molecule has 0 spiro atoms. The first-order valence-corrected chi connectivity index (χ1v) is 6.17. The predicted octanol–water partition coefficient (Wildman–Crippen LogP) is 3.95. The van der Waals surface area contributed by atoms with E-state index in [9.17, 15) is 5.11 Å². The summed E-state index contributed by atoms with van der Waals surface area (Å²) in [5.74, 6) is 0.770. The zero-order valence-electron chi connectivity index (χ0n) is 6.55. The Hall–Kier alpha value is -0.000000000000000111. The van der Waals surface area contributed by atoms with Crippen molar-refractivity contribution in [2.45, 2.75) is 5.88 Å². The summed E-state index contributed by atoms with van der Waals surface area (Å²) in [6.07, 6.45) is 0. The normalized spacial score (nSPS) is 10.9. The number of aromatic hydroxyl groups is 1. The lowest BCUT2D eigenvalue weighted by Gasteiger charge is -2.03. The predicted molar refractivity (Wildman–Crippen MR) is 65.8 cm³/mol. The van der Waals surface area contributed by atoms with Gasteiger partial charge >= 0.3 is 0 Å². The summed E-state index contributed by atoms with van der Waals surface area (Å²) >= 11 is 9.66. The molecular weight excluding hydrogens is 319 g/mol. The maximum Gasteiger partial charge on any atom is 0.124 e. The fourth-order valence-corrected chi connectivity index (χ4v) is 3.56. The maximum atomic E-state index is 9.64. The fourth-order valence-electron chi connectivity index (χ4n) is 1.23. The van der Waals surface area contributed by atoms with Gasteiger partial charge in [-0.3, -0.25) is 0 Å². The molecule has 1 heterocycles. The molecule has 0 atom stereocenters. The molecule has 0 aliphatic heterocycles. The summed E-state index contributed by atoms with van der Waals surface area (Å²) in [5.41, 5.74) is 0.995. The second-order valence-electron chi connectivity index (χ2n) is 2.67. The quantitative estimate of drug-likeness (QED) is 0.622. The van der Waals surface area contributed by atoms with Crippen molar-refractivity contribution in [1.29, 1.82) is 0 Å². The lowest BCUT2D eigenvalue weighted by atomic mass is 10.2. The number of halogens is 2. The largest absolute Gasteiger partial charge is 0.507 e. The first-order valence-electron chi connectivity index (χ1n) is 3.67. The summed E-state index contributed by atoms with van der Waals surface area (Å²) in [5, 5.41) is 12.5. The Labute approximate surface area is 98.5 Å². The number of thiophene rings is 1. The van der Waals surface area contributed by atoms with Crippen LogP contribution in [0.2, 0.25) is 0 Å². The van der Waals surface area contributed by atoms with Crippen molar-refractivity contribution in [1.82, 2.24) is 0 Å². The molecule has 0 radical (unpaired) electrons. The summed E-state index contributed by atoms with van der Waals surface area (Å²) in [7, 11) is 0. The molecule has 0 fully saturated rings. The highest BCUT2D eigenvalue weighted by atomic mass is 127. The van der Waals surface area contributed by atoms with E-state index in [-0.39, 0.29) is 0 Å². The van der Waals surface area contributed by atoms with Crippen LogP contribution in [0.25, 0.3) is 10.1 Å². The van der Waals surface area contributed by atoms with Gasteiger partial charge in [-0.2, -0.15) is 0 Å². The van der Waals surface area contributed by atoms with Gasteiger partial charge in [0.2, 0.25) is 0 Å². The third kappa shape index (κ3) is 1.53. The summed E-state index contributed by atoms with van der Waals surface area (Å²) in [6.45, 7) is 0. The van der Waals surface area contributed by atoms with Gasteiger partial charge in [0.15, 0.2) is 0 Å². The molecular formula is C9H6ClIOS. The fraction of sp³-hybridized carbons (Fsp3) is 0.111. The summed E-state index contributed by atoms with van der Waals surface area (Å²) in [4.78, 5) is 0. The van der Waals surface area contributed by atoms with Crippen LogP contribution in [0.4, 0.5) is 0 Å². The Morgan fingerprint density at radius 3 is 3.00 bits per heavy atom. The Bertz CT molecular complexity index is 452. The first-order chi connectivity index (χ1) is 6.24. The summed E-state index contributed by atoms with van der Waals surface area (Å²) in [6, 6.07) is 3.67. The number of rotatable bonds is 1. The van der Waals surface area contributed by atoms with Gasteiger partial charge in [-0.15, -0.1) is 22.9 Å². The van der Waals surface area contributed by atoms with Crippen LogP contribution >= 0.6 is 45.5 Å². The van der Waals surface area contributed by atoms with E-state index in [0.717, 1.165) is 19.2 Å². The van der Waals surface area contributed by atoms with Gasteiger partial charge < -0.3 is 5.11 Å². The molecule has 0 aliphatic rings. The molecule has 2 aromatic rings. The first kappa shape index (κ1) is 9.55. The molecule has 0 aliphatic carbocycles. The van der Waals surface area contributed by atoms with Crippen molar-refractivity contribution in [2.24, 2.45) is 0 Å². The number of phenols is 1. The number of hydrogen-bond donors (Lipinski definition) is 1. The number of fused-ring (bicyclic) bond motifs is 1. The molecule has 68 valence electrons. The van der Waals surface area contributed by atoms with Gasteiger partial charge in [-0.25, -0.2) is 0 Å². The minimum Gasteiger partial charge on any atom is -0.507 e. The third-order valence-corrected chi connectivity index (χ3v) is 4.70. The number of hydrogen-bond acceptors (Lipinski definition) is 2. The van der Waals surface area contributed by atoms with Crippen LogP contribution < -0.4 is 0 Å². The zero-order valence-corrected chi connectivity index (χ0v) is 10.3. The maximum absolute atomic E-state index is 9.64. The average molecular weight is 325 g/mol. The van der Waals surface area contributed by atoms with E-state index in [0.29, 0.717) is 11.6 Å². The number of alkyl halides is 1. The van der Waals surface area contributed by atoms with Crippen LogP contribution in [0.15, 0.2) is 17.5 Å². The Balaban J connectivity index is 2.85. The van der Waals surface area contributed by atoms with Crippen molar-refractivity contribution < 1.29 is 5.11 Å². The second-order valence-corrected chi connectivity index (χ2v) is 4.93. The van der Waals surface area contributed by atoms with Crippen LogP contribution in [0.3, 0.4) is 0 Å². The SMILES string of the molecule is Oc1cc(CCl)c(I)c2sccc12. The molecule has 4 heteroatoms. The van der Waals surface area contributed by atoms with Crippen LogP contribution in [0, 0.1) is 3.57 Å². The molecule has 1 aromatic heterocycles. The molecule has 13 heavy (non-hydrogen) atoms. The third-order valence-electron chi connectivity index (χ3n) is 1.88. The van der Waals surface area contributed by atoms with Crippen molar-refractivity contribution >= 4 is 55.6 Å². The van der Waals surface area contributed by atoms with Crippen LogP contribution in [0.5, 0.6) is 5.75 Å². The smallest absolute Gasteiger partial charge is 0.124 e. The molecule has 0 saturated carbocycles. The van der Waals surface area contributed by atoms with E-state index in [1.165, 1.54) is 0 Å². The van der Waals surface area contributed by atoms with Crippen LogP contribution in [-0.4, -0.2) is 5.11 Å². The molecule has 0 saturated heterocycles. The van der Waals surface area contributed by atoms with E-state index >= 15 is 0 Å². The monoisotopic (exact) mass is 324 g/mol. The van der Waals surface area contributed by atoms with E-state index < -0.39 is 0 Å². The molecule has 0 amide bonds. The molecule has 1 nitrogen and oxygen atoms in total. The minimum absolute atomic E-state index is 0.326. The van der Waals surface area contributed by atoms with Crippen molar-refractivity contribution in [3.8, 4) is 5.75 Å². The second kappa shape index (κ2) is 3.63. The van der Waals surface area contributed by atoms with Gasteiger partial charge in [-0.1, -0.05) is 0 Å². The standard InChI is InChI=1S/C9H6ClIOS/c10-4-5-3-7(12)6-1-2-13-9(6)8(5)11/h1-3,12H,4H2. The lowest BCUT2D eigenvalue weighted by molar-refractivity contribution is 0.481. The van der Waals surface area contributed by atoms with E-state index in [2.05, 4.69) is 22.6 Å². The van der Waals surface area contributed by atoms with E-state index in [1.54, 1.807) is 17.4 Å². The van der Waals surface area contributed by atoms with Crippen LogP contribution in [-0.2, 0) is 5.88 Å². The lowest BCUT2D eigenvalue weighted by Crippen LogP contribution is -1.84. The van der Waals surface area contributed by atoms with Gasteiger partial charge in [0.05, 0.1) is 4.70 Å². The van der Waals surface area contributed by atoms with Gasteiger partial charge in [0.1, 0.15) is 5.75 Å². The van der Waals surface area contributed by atoms with Crippen molar-refractivity contribution in [2.75, 3.05) is 0 Å². The van der Waals surface area contributed by atoms with Crippen LogP contribution in [0.1, 0.15) is 5.56 Å². The Kier molecular flexibility index (Phi) is 2.67. The van der Waals surface area contributed by atoms with Crippen molar-refractivity contribution in [3.63, 3.8) is 0 Å². The van der Waals surface area contributed by atoms with Gasteiger partial charge in [-0.05, 0) is 45.7 Å². The highest BCUT2D eigenvalue weighted by molar-refractivity contribution is 14.1. The van der Waals surface area contributed by atoms with Crippen molar-refractivity contribution in [3.05, 3.63) is 26.6 Å². The number of phenolic OH excluding ortho intramolecular Hbond substituents is 1. The zero-order chi connectivity index (χ0) is 9.42. The van der Waals surface area contributed by atoms with Gasteiger partial charge in [0.25, 0.3) is 0 Å².